The predicted molar refractivity (Wildman–Crippen MR) is 108 cm³/mol. The van der Waals surface area contributed by atoms with Gasteiger partial charge in [0.2, 0.25) is 0 Å². The van der Waals surface area contributed by atoms with Crippen LogP contribution in [0.1, 0.15) is 64.4 Å². The molecule has 2 aromatic rings. The lowest BCUT2D eigenvalue weighted by Gasteiger charge is -2.44. The third-order valence-corrected chi connectivity index (χ3v) is 6.38. The van der Waals surface area contributed by atoms with Gasteiger partial charge in [-0.25, -0.2) is 0 Å². The topological polar surface area (TPSA) is 68.1 Å². The summed E-state index contributed by atoms with van der Waals surface area (Å²) in [5.41, 5.74) is 7.78. The summed E-state index contributed by atoms with van der Waals surface area (Å²) in [5, 5.41) is 1.65. The number of fused-ring (bicyclic) bond motifs is 1. The van der Waals surface area contributed by atoms with Gasteiger partial charge in [0, 0.05) is 17.6 Å². The van der Waals surface area contributed by atoms with Gasteiger partial charge in [-0.2, -0.15) is 0 Å². The predicted octanol–water partition coefficient (Wildman–Crippen LogP) is 4.68. The van der Waals surface area contributed by atoms with Gasteiger partial charge in [-0.05, 0) is 80.0 Å². The number of nitrogens with two attached hydrogens (primary N) is 1. The van der Waals surface area contributed by atoms with Crippen molar-refractivity contribution in [2.45, 2.75) is 77.9 Å². The fourth-order valence-corrected chi connectivity index (χ4v) is 4.52. The maximum Gasteiger partial charge on any atom is 0.255 e. The second kappa shape index (κ2) is 7.83. The number of hydrogen-bond donors (Lipinski definition) is 2. The van der Waals surface area contributed by atoms with Crippen LogP contribution < -0.4 is 16.0 Å². The van der Waals surface area contributed by atoms with Gasteiger partial charge in [-0.3, -0.25) is 4.79 Å². The van der Waals surface area contributed by atoms with Crippen molar-refractivity contribution in [3.05, 3.63) is 40.3 Å². The van der Waals surface area contributed by atoms with Crippen LogP contribution in [0.25, 0.3) is 10.8 Å². The summed E-state index contributed by atoms with van der Waals surface area (Å²) in [6.07, 6.45) is 9.73. The minimum Gasteiger partial charge on any atom is -0.490 e. The van der Waals surface area contributed by atoms with Crippen LogP contribution in [-0.2, 0) is 0 Å². The lowest BCUT2D eigenvalue weighted by molar-refractivity contribution is 0.0552. The number of aryl methyl sites for hydroxylation is 1. The zero-order valence-corrected chi connectivity index (χ0v) is 16.3. The lowest BCUT2D eigenvalue weighted by Crippen LogP contribution is -2.45. The molecule has 1 aliphatic rings. The van der Waals surface area contributed by atoms with Gasteiger partial charge in [-0.1, -0.05) is 20.3 Å². The largest absolute Gasteiger partial charge is 0.490 e. The van der Waals surface area contributed by atoms with E-state index in [1.165, 1.54) is 0 Å². The first-order valence-electron chi connectivity index (χ1n) is 10.0. The minimum absolute atomic E-state index is 0.0487. The molecule has 4 nitrogen and oxygen atoms in total. The molecule has 0 radical (unpaired) electrons. The van der Waals surface area contributed by atoms with Crippen LogP contribution in [0, 0.1) is 12.3 Å². The van der Waals surface area contributed by atoms with E-state index in [4.69, 9.17) is 10.5 Å². The summed E-state index contributed by atoms with van der Waals surface area (Å²) in [6, 6.07) is 6.16. The molecular weight excluding hydrogens is 324 g/mol. The minimum atomic E-state index is -0.0487. The molecule has 4 heteroatoms. The molecule has 1 aliphatic carbocycles. The summed E-state index contributed by atoms with van der Waals surface area (Å²) in [5.74, 6) is 0.898. The Morgan fingerprint density at radius 1 is 1.31 bits per heavy atom. The average molecular weight is 357 g/mol. The van der Waals surface area contributed by atoms with E-state index in [0.29, 0.717) is 6.04 Å². The number of rotatable bonds is 6. The molecule has 26 heavy (non-hydrogen) atoms. The van der Waals surface area contributed by atoms with E-state index >= 15 is 0 Å². The van der Waals surface area contributed by atoms with Crippen molar-refractivity contribution in [1.29, 1.82) is 0 Å². The van der Waals surface area contributed by atoms with Crippen LogP contribution in [0.2, 0.25) is 0 Å². The molecule has 3 rings (SSSR count). The Balaban J connectivity index is 1.72. The van der Waals surface area contributed by atoms with E-state index in [9.17, 15) is 4.79 Å². The number of pyridine rings is 1. The van der Waals surface area contributed by atoms with E-state index in [-0.39, 0.29) is 17.1 Å². The molecule has 0 unspecified atom stereocenters. The summed E-state index contributed by atoms with van der Waals surface area (Å²) >= 11 is 0. The fourth-order valence-electron chi connectivity index (χ4n) is 4.52. The van der Waals surface area contributed by atoms with Crippen LogP contribution in [-0.4, -0.2) is 17.1 Å². The molecule has 0 spiro atoms. The van der Waals surface area contributed by atoms with Gasteiger partial charge in [0.1, 0.15) is 5.75 Å². The van der Waals surface area contributed by atoms with Crippen molar-refractivity contribution < 1.29 is 4.74 Å². The Labute approximate surface area is 156 Å². The highest BCUT2D eigenvalue weighted by Crippen LogP contribution is 2.43. The van der Waals surface area contributed by atoms with Gasteiger partial charge in [0.15, 0.2) is 0 Å². The Morgan fingerprint density at radius 3 is 2.69 bits per heavy atom. The zero-order valence-electron chi connectivity index (χ0n) is 16.3. The molecule has 0 bridgehead atoms. The monoisotopic (exact) mass is 356 g/mol. The first kappa shape index (κ1) is 19.0. The Morgan fingerprint density at radius 2 is 2.04 bits per heavy atom. The van der Waals surface area contributed by atoms with E-state index in [1.807, 2.05) is 25.1 Å². The van der Waals surface area contributed by atoms with Crippen molar-refractivity contribution >= 4 is 10.8 Å². The normalized spacial score (nSPS) is 24.5. The molecule has 1 atom stereocenters. The number of ether oxygens (including phenoxy) is 1. The summed E-state index contributed by atoms with van der Waals surface area (Å²) < 4.78 is 6.36. The highest BCUT2D eigenvalue weighted by Gasteiger charge is 2.39. The molecule has 0 amide bonds. The van der Waals surface area contributed by atoms with Gasteiger partial charge in [-0.15, -0.1) is 0 Å². The summed E-state index contributed by atoms with van der Waals surface area (Å²) in [7, 11) is 0. The lowest BCUT2D eigenvalue weighted by atomic mass is 9.66. The quantitative estimate of drug-likeness (QED) is 0.789. The second-order valence-electron chi connectivity index (χ2n) is 7.94. The number of benzene rings is 1. The molecule has 142 valence electrons. The molecular formula is C22H32N2O2. The van der Waals surface area contributed by atoms with Crippen LogP contribution >= 0.6 is 0 Å². The second-order valence-corrected chi connectivity index (χ2v) is 7.94. The van der Waals surface area contributed by atoms with Crippen LogP contribution in [0.3, 0.4) is 0 Å². The Bertz CT molecular complexity index is 803. The number of hydrogen-bond acceptors (Lipinski definition) is 3. The molecule has 0 aliphatic heterocycles. The summed E-state index contributed by atoms with van der Waals surface area (Å²) in [6.45, 7) is 6.50. The maximum atomic E-state index is 11.9. The third kappa shape index (κ3) is 3.66. The number of aromatic amines is 1. The number of nitrogens with one attached hydrogen (secondary N) is 1. The van der Waals surface area contributed by atoms with Crippen molar-refractivity contribution in [1.82, 2.24) is 4.98 Å². The standard InChI is InChI=1S/C22H32N2O2/c1-4-6-20(23)22(5-2)10-7-17(8-11-22)26-19-14-16-9-12-24-21(25)18(16)13-15(19)3/h9,12-14,17,20H,4-8,10-11,23H2,1-3H3,(H,24,25)/t17?,20-,22?/m1/s1. The molecule has 3 N–H and O–H groups in total. The van der Waals surface area contributed by atoms with E-state index in [0.717, 1.165) is 67.0 Å². The Kier molecular flexibility index (Phi) is 5.71. The van der Waals surface area contributed by atoms with Gasteiger partial charge in [0.25, 0.3) is 5.56 Å². The van der Waals surface area contributed by atoms with Gasteiger partial charge in [0.05, 0.1) is 6.10 Å². The van der Waals surface area contributed by atoms with E-state index in [1.54, 1.807) is 6.20 Å². The molecule has 1 aromatic carbocycles. The number of H-pyrrole nitrogens is 1. The van der Waals surface area contributed by atoms with E-state index < -0.39 is 0 Å². The summed E-state index contributed by atoms with van der Waals surface area (Å²) in [4.78, 5) is 14.7. The molecule has 1 heterocycles. The van der Waals surface area contributed by atoms with Crippen LogP contribution in [0.4, 0.5) is 0 Å². The first-order chi connectivity index (χ1) is 12.5. The van der Waals surface area contributed by atoms with Crippen molar-refractivity contribution in [2.75, 3.05) is 0 Å². The van der Waals surface area contributed by atoms with Crippen LogP contribution in [0.15, 0.2) is 29.2 Å². The molecule has 1 fully saturated rings. The zero-order chi connectivity index (χ0) is 18.7. The highest BCUT2D eigenvalue weighted by molar-refractivity contribution is 5.83. The highest BCUT2D eigenvalue weighted by atomic mass is 16.5. The SMILES string of the molecule is CCC[C@@H](N)C1(CC)CCC(Oc2cc3cc[nH]c(=O)c3cc2C)CC1. The van der Waals surface area contributed by atoms with Crippen molar-refractivity contribution in [3.8, 4) is 5.75 Å². The fraction of sp³-hybridized carbons (Fsp3) is 0.591. The maximum absolute atomic E-state index is 11.9. The van der Waals surface area contributed by atoms with E-state index in [2.05, 4.69) is 18.8 Å². The first-order valence-corrected chi connectivity index (χ1v) is 10.0. The Hall–Kier alpha value is -1.81. The number of aromatic nitrogens is 1. The average Bonchev–Trinajstić information content (AvgIpc) is 2.64. The van der Waals surface area contributed by atoms with Crippen molar-refractivity contribution in [2.24, 2.45) is 11.1 Å². The molecule has 0 saturated heterocycles. The van der Waals surface area contributed by atoms with Crippen LogP contribution in [0.5, 0.6) is 5.75 Å². The van der Waals surface area contributed by atoms with Gasteiger partial charge < -0.3 is 15.5 Å². The molecule has 1 saturated carbocycles. The van der Waals surface area contributed by atoms with Gasteiger partial charge >= 0.3 is 0 Å². The van der Waals surface area contributed by atoms with Crippen molar-refractivity contribution in [3.63, 3.8) is 0 Å². The smallest absolute Gasteiger partial charge is 0.255 e. The third-order valence-electron chi connectivity index (χ3n) is 6.38. The molecule has 1 aromatic heterocycles.